The van der Waals surface area contributed by atoms with E-state index in [-0.39, 0.29) is 34.3 Å². The summed E-state index contributed by atoms with van der Waals surface area (Å²) in [5, 5.41) is 0. The lowest BCUT2D eigenvalue weighted by molar-refractivity contribution is 0.403. The molecule has 0 saturated heterocycles. The summed E-state index contributed by atoms with van der Waals surface area (Å²) < 4.78 is 7.47. The monoisotopic (exact) mass is 819 g/mol. The van der Waals surface area contributed by atoms with Crippen molar-refractivity contribution in [3.8, 4) is 0 Å². The third kappa shape index (κ3) is 6.28. The van der Waals surface area contributed by atoms with Crippen LogP contribution in [0, 0.1) is 0 Å². The molecule has 3 aliphatic carbocycles. The quantitative estimate of drug-likeness (QED) is 0.166. The van der Waals surface area contributed by atoms with Gasteiger partial charge in [-0.25, -0.2) is 0 Å². The van der Waals surface area contributed by atoms with Gasteiger partial charge in [-0.1, -0.05) is 138 Å². The molecule has 0 N–H and O–H groups in total. The average molecular weight is 819 g/mol. The van der Waals surface area contributed by atoms with Crippen LogP contribution in [0.4, 0.5) is 34.1 Å². The summed E-state index contributed by atoms with van der Waals surface area (Å²) in [6, 6.07) is 27.1. The predicted octanol–water partition coefficient (Wildman–Crippen LogP) is 14.7. The molecular weight excluding hydrogens is 751 g/mol. The van der Waals surface area contributed by atoms with Crippen molar-refractivity contribution in [3.63, 3.8) is 0 Å². The highest BCUT2D eigenvalue weighted by Gasteiger charge is 2.50. The number of rotatable bonds is 3. The molecule has 3 nitrogen and oxygen atoms in total. The van der Waals surface area contributed by atoms with Gasteiger partial charge in [0.15, 0.2) is 0 Å². The second-order valence-corrected chi connectivity index (χ2v) is 23.2. The summed E-state index contributed by atoms with van der Waals surface area (Å²) >= 11 is 0. The first-order valence-corrected chi connectivity index (χ1v) is 23.6. The number of anilines is 6. The van der Waals surface area contributed by atoms with E-state index in [4.69, 9.17) is 4.42 Å². The largest absolute Gasteiger partial charge is 0.472 e. The van der Waals surface area contributed by atoms with E-state index in [1.807, 2.05) is 0 Å². The smallest absolute Gasteiger partial charge is 0.297 e. The van der Waals surface area contributed by atoms with Crippen molar-refractivity contribution in [1.29, 1.82) is 0 Å². The molecule has 0 spiro atoms. The highest BCUT2D eigenvalue weighted by atomic mass is 16.3. The van der Waals surface area contributed by atoms with Gasteiger partial charge in [-0.2, -0.15) is 0 Å². The van der Waals surface area contributed by atoms with Gasteiger partial charge in [0, 0.05) is 39.8 Å². The maximum atomic E-state index is 7.47. The van der Waals surface area contributed by atoms with Crippen LogP contribution in [-0.2, 0) is 21.7 Å². The Kier molecular flexibility index (Phi) is 9.12. The zero-order chi connectivity index (χ0) is 44.0. The van der Waals surface area contributed by atoms with E-state index < -0.39 is 0 Å². The Hall–Kier alpha value is -4.96. The number of allylic oxidation sites excluding steroid dienone is 5. The van der Waals surface area contributed by atoms with Gasteiger partial charge in [-0.3, -0.25) is 0 Å². The normalized spacial score (nSPS) is 20.0. The third-order valence-corrected chi connectivity index (χ3v) is 15.3. The number of hydrogen-bond donors (Lipinski definition) is 0. The van der Waals surface area contributed by atoms with Crippen LogP contribution in [0.2, 0.25) is 0 Å². The van der Waals surface area contributed by atoms with E-state index in [0.717, 1.165) is 24.3 Å². The minimum atomic E-state index is -0.109. The number of benzene rings is 4. The van der Waals surface area contributed by atoms with Crippen LogP contribution in [0.1, 0.15) is 179 Å². The molecular formula is C58H67BN2O. The van der Waals surface area contributed by atoms with E-state index in [0.29, 0.717) is 5.92 Å². The molecule has 0 unspecified atom stereocenters. The molecule has 4 aromatic carbocycles. The van der Waals surface area contributed by atoms with E-state index in [2.05, 4.69) is 198 Å². The van der Waals surface area contributed by atoms with Crippen molar-refractivity contribution >= 4 is 69.1 Å². The molecule has 318 valence electrons. The molecule has 1 aromatic heterocycles. The Morgan fingerprint density at radius 3 is 2.03 bits per heavy atom. The minimum Gasteiger partial charge on any atom is -0.472 e. The Morgan fingerprint density at radius 1 is 0.726 bits per heavy atom. The van der Waals surface area contributed by atoms with E-state index in [9.17, 15) is 0 Å². The van der Waals surface area contributed by atoms with Crippen molar-refractivity contribution in [2.75, 3.05) is 9.80 Å². The van der Waals surface area contributed by atoms with Crippen molar-refractivity contribution in [3.05, 3.63) is 135 Å². The third-order valence-electron chi connectivity index (χ3n) is 15.3. The number of furan rings is 1. The second kappa shape index (κ2) is 13.8. The number of nitrogens with zero attached hydrogens (tertiary/aromatic N) is 2. The van der Waals surface area contributed by atoms with Crippen LogP contribution in [0.5, 0.6) is 0 Å². The molecule has 2 atom stereocenters. The lowest BCUT2D eigenvalue weighted by atomic mass is 9.35. The molecule has 10 rings (SSSR count). The van der Waals surface area contributed by atoms with Gasteiger partial charge in [0.25, 0.3) is 6.71 Å². The molecule has 2 aliphatic heterocycles. The SMILES string of the molecule is CC1=Cc2c(oc3c2N(c2ccc(C(C)(C)C)cc2)c2cc(C(C)(C)C)cc4c2B3c2cc3c(cc2N4c2ccc(C(C)(C)C)cc2C2=CC=CCC2)[C@@H](C)CCC3(C)C)[C@H]1C. The molecule has 0 bridgehead atoms. The first-order valence-electron chi connectivity index (χ1n) is 23.6. The van der Waals surface area contributed by atoms with Crippen molar-refractivity contribution in [1.82, 2.24) is 0 Å². The van der Waals surface area contributed by atoms with Gasteiger partial charge in [0.2, 0.25) is 0 Å². The summed E-state index contributed by atoms with van der Waals surface area (Å²) in [6.45, 7) is 33.0. The van der Waals surface area contributed by atoms with Crippen LogP contribution in [-0.4, -0.2) is 6.71 Å². The summed E-state index contributed by atoms with van der Waals surface area (Å²) in [5.74, 6) is 1.80. The average Bonchev–Trinajstić information content (AvgIpc) is 3.72. The van der Waals surface area contributed by atoms with E-state index >= 15 is 0 Å². The highest BCUT2D eigenvalue weighted by Crippen LogP contribution is 2.53. The van der Waals surface area contributed by atoms with E-state index in [1.165, 1.54) is 108 Å². The lowest BCUT2D eigenvalue weighted by Gasteiger charge is -2.46. The fourth-order valence-corrected chi connectivity index (χ4v) is 11.1. The summed E-state index contributed by atoms with van der Waals surface area (Å²) in [6.07, 6.45) is 13.8. The Morgan fingerprint density at radius 2 is 1.39 bits per heavy atom. The van der Waals surface area contributed by atoms with Gasteiger partial charge in [-0.05, 0) is 153 Å². The van der Waals surface area contributed by atoms with Gasteiger partial charge in [0.1, 0.15) is 5.76 Å². The summed E-state index contributed by atoms with van der Waals surface area (Å²) in [7, 11) is 0. The fraction of sp³-hybridized carbons (Fsp3) is 0.414. The van der Waals surface area contributed by atoms with Gasteiger partial charge in [-0.15, -0.1) is 0 Å². The van der Waals surface area contributed by atoms with Gasteiger partial charge in [0.05, 0.1) is 17.0 Å². The van der Waals surface area contributed by atoms with Gasteiger partial charge < -0.3 is 14.2 Å². The van der Waals surface area contributed by atoms with E-state index in [1.54, 1.807) is 0 Å². The van der Waals surface area contributed by atoms with Crippen LogP contribution in [0.3, 0.4) is 0 Å². The van der Waals surface area contributed by atoms with Gasteiger partial charge >= 0.3 is 0 Å². The zero-order valence-corrected chi connectivity index (χ0v) is 40.0. The molecule has 5 aliphatic rings. The van der Waals surface area contributed by atoms with Crippen LogP contribution < -0.4 is 26.4 Å². The molecule has 0 amide bonds. The Bertz CT molecular complexity index is 2770. The van der Waals surface area contributed by atoms with Crippen molar-refractivity contribution < 1.29 is 4.42 Å². The maximum Gasteiger partial charge on any atom is 0.297 e. The molecule has 4 heteroatoms. The van der Waals surface area contributed by atoms with Crippen LogP contribution in [0.15, 0.2) is 94.9 Å². The molecule has 5 aromatic rings. The standard InChI is InChI=1S/C58H67BN2O/c1-34-26-27-58(13,14)45-33-46-48(32-42(34)45)61(47-25-22-39(56(7,8)9)29-43(47)37-18-16-15-17-19-37)50-31-40(57(10,11)12)30-49-51(50)59(46)54-52(44-28-35(2)36(3)53(44)62-54)60(49)41-23-20-38(21-24-41)55(4,5)6/h15-16,18,20-25,28-34,36H,17,19,26-27H2,1-14H3/t34-,36-/m0/s1. The Balaban J connectivity index is 1.36. The Labute approximate surface area is 373 Å². The van der Waals surface area contributed by atoms with Crippen LogP contribution in [0.25, 0.3) is 11.6 Å². The predicted molar refractivity (Wildman–Crippen MR) is 268 cm³/mol. The highest BCUT2D eigenvalue weighted by molar-refractivity contribution is 6.99. The lowest BCUT2D eigenvalue weighted by Crippen LogP contribution is -2.61. The van der Waals surface area contributed by atoms with Crippen LogP contribution >= 0.6 is 0 Å². The first-order chi connectivity index (χ1) is 29.1. The van der Waals surface area contributed by atoms with Crippen molar-refractivity contribution in [2.24, 2.45) is 0 Å². The zero-order valence-electron chi connectivity index (χ0n) is 40.0. The minimum absolute atomic E-state index is 0.0116. The second-order valence-electron chi connectivity index (χ2n) is 23.2. The summed E-state index contributed by atoms with van der Waals surface area (Å²) in [4.78, 5) is 5.28. The molecule has 0 saturated carbocycles. The maximum absolute atomic E-state index is 7.47. The molecule has 0 radical (unpaired) electrons. The summed E-state index contributed by atoms with van der Waals surface area (Å²) in [5.41, 5.74) is 23.6. The fourth-order valence-electron chi connectivity index (χ4n) is 11.1. The number of fused-ring (bicyclic) bond motifs is 7. The number of hydrogen-bond acceptors (Lipinski definition) is 3. The van der Waals surface area contributed by atoms with Crippen molar-refractivity contribution in [2.45, 2.75) is 156 Å². The topological polar surface area (TPSA) is 19.6 Å². The first kappa shape index (κ1) is 41.1. The molecule has 0 fully saturated rings. The molecule has 62 heavy (non-hydrogen) atoms. The molecule has 3 heterocycles.